The minimum atomic E-state index is -0.556. The molecular weight excluding hydrogens is 322 g/mol. The number of hydrogen-bond acceptors (Lipinski definition) is 2. The zero-order chi connectivity index (χ0) is 17.1. The predicted molar refractivity (Wildman–Crippen MR) is 96.8 cm³/mol. The van der Waals surface area contributed by atoms with Crippen molar-refractivity contribution in [3.05, 3.63) is 82.9 Å². The Morgan fingerprint density at radius 1 is 0.833 bits per heavy atom. The molecule has 0 aromatic heterocycles. The van der Waals surface area contributed by atoms with E-state index < -0.39 is 5.91 Å². The fourth-order valence-corrected chi connectivity index (χ4v) is 2.91. The molecule has 0 bridgehead atoms. The summed E-state index contributed by atoms with van der Waals surface area (Å²) < 4.78 is 0. The average molecular weight is 338 g/mol. The number of carbonyl (C=O) groups excluding carboxylic acids is 2. The molecule has 3 aromatic rings. The minimum absolute atomic E-state index is 0.127. The highest BCUT2D eigenvalue weighted by Gasteiger charge is 2.11. The van der Waals surface area contributed by atoms with Crippen LogP contribution in [0, 0.1) is 0 Å². The van der Waals surface area contributed by atoms with Crippen LogP contribution in [0.3, 0.4) is 0 Å². The summed E-state index contributed by atoms with van der Waals surface area (Å²) in [5.41, 5.74) is 8.07. The Hall–Kier alpha value is -2.65. The van der Waals surface area contributed by atoms with Gasteiger partial charge < -0.3 is 5.73 Å². The summed E-state index contributed by atoms with van der Waals surface area (Å²) in [7, 11) is 0. The Morgan fingerprint density at radius 2 is 1.54 bits per heavy atom. The molecule has 3 aromatic carbocycles. The van der Waals surface area contributed by atoms with Crippen molar-refractivity contribution in [1.82, 2.24) is 0 Å². The van der Waals surface area contributed by atoms with Gasteiger partial charge in [0.25, 0.3) is 0 Å². The van der Waals surface area contributed by atoms with E-state index in [1.165, 1.54) is 11.5 Å². The predicted octanol–water partition coefficient (Wildman–Crippen LogP) is 3.95. The van der Waals surface area contributed by atoms with Gasteiger partial charge in [0.15, 0.2) is 5.78 Å². The molecule has 0 saturated heterocycles. The molecule has 2 N–H and O–H groups in total. The largest absolute Gasteiger partial charge is 0.366 e. The maximum Gasteiger partial charge on any atom is 0.248 e. The van der Waals surface area contributed by atoms with Crippen molar-refractivity contribution in [2.24, 2.45) is 5.73 Å². The maximum absolute atomic E-state index is 11.9. The van der Waals surface area contributed by atoms with Crippen LogP contribution >= 0.6 is 11.6 Å². The second kappa shape index (κ2) is 6.85. The highest BCUT2D eigenvalue weighted by molar-refractivity contribution is 6.30. The number of ketones is 1. The molecule has 0 unspecified atom stereocenters. The van der Waals surface area contributed by atoms with Gasteiger partial charge in [-0.3, -0.25) is 9.59 Å². The number of carbonyl (C=O) groups is 2. The third kappa shape index (κ3) is 3.47. The Morgan fingerprint density at radius 3 is 2.25 bits per heavy atom. The van der Waals surface area contributed by atoms with E-state index in [9.17, 15) is 9.59 Å². The number of hydrogen-bond donors (Lipinski definition) is 1. The molecule has 1 amide bonds. The monoisotopic (exact) mass is 337 g/mol. The summed E-state index contributed by atoms with van der Waals surface area (Å²) in [6.07, 6.45) is 0.606. The van der Waals surface area contributed by atoms with Gasteiger partial charge in [-0.05, 0) is 46.5 Å². The third-order valence-electron chi connectivity index (χ3n) is 3.94. The van der Waals surface area contributed by atoms with E-state index in [1.54, 1.807) is 12.1 Å². The lowest BCUT2D eigenvalue weighted by Gasteiger charge is -2.08. The van der Waals surface area contributed by atoms with Crippen LogP contribution in [0.4, 0.5) is 0 Å². The van der Waals surface area contributed by atoms with Crippen molar-refractivity contribution in [2.75, 3.05) is 5.88 Å². The first kappa shape index (κ1) is 16.2. The molecule has 0 aliphatic heterocycles. The summed E-state index contributed by atoms with van der Waals surface area (Å²) in [6.45, 7) is 0. The number of primary amides is 1. The van der Waals surface area contributed by atoms with Crippen molar-refractivity contribution < 1.29 is 9.59 Å². The summed E-state index contributed by atoms with van der Waals surface area (Å²) in [5.74, 6) is -0.907. The van der Waals surface area contributed by atoms with Gasteiger partial charge in [-0.15, -0.1) is 11.6 Å². The average Bonchev–Trinajstić information content (AvgIpc) is 2.60. The summed E-state index contributed by atoms with van der Waals surface area (Å²) in [6, 6.07) is 19.3. The van der Waals surface area contributed by atoms with Gasteiger partial charge in [0.1, 0.15) is 0 Å². The Balaban J connectivity index is 1.99. The van der Waals surface area contributed by atoms with Gasteiger partial charge in [0.2, 0.25) is 5.91 Å². The Bertz CT molecular complexity index is 934. The zero-order valence-corrected chi connectivity index (χ0v) is 13.7. The summed E-state index contributed by atoms with van der Waals surface area (Å²) >= 11 is 5.63. The van der Waals surface area contributed by atoms with Gasteiger partial charge in [-0.25, -0.2) is 0 Å². The molecule has 3 nitrogen and oxygen atoms in total. The lowest BCUT2D eigenvalue weighted by atomic mass is 9.97. The molecule has 0 aliphatic carbocycles. The number of fused-ring (bicyclic) bond motifs is 1. The van der Waals surface area contributed by atoms with Crippen LogP contribution in [0.25, 0.3) is 10.8 Å². The normalized spacial score (nSPS) is 10.7. The van der Waals surface area contributed by atoms with Crippen LogP contribution in [0.1, 0.15) is 31.8 Å². The molecule has 120 valence electrons. The summed E-state index contributed by atoms with van der Waals surface area (Å²) in [4.78, 5) is 23.4. The molecule has 3 rings (SSSR count). The van der Waals surface area contributed by atoms with E-state index in [-0.39, 0.29) is 11.7 Å². The summed E-state index contributed by atoms with van der Waals surface area (Å²) in [5, 5.41) is 2.32. The topological polar surface area (TPSA) is 60.2 Å². The number of halogens is 1. The van der Waals surface area contributed by atoms with E-state index in [0.717, 1.165) is 16.5 Å². The van der Waals surface area contributed by atoms with E-state index in [1.807, 2.05) is 18.2 Å². The van der Waals surface area contributed by atoms with Crippen LogP contribution in [-0.4, -0.2) is 17.6 Å². The zero-order valence-electron chi connectivity index (χ0n) is 13.0. The van der Waals surface area contributed by atoms with Gasteiger partial charge in [0, 0.05) is 11.1 Å². The molecule has 4 heteroatoms. The molecule has 0 fully saturated rings. The first-order valence-corrected chi connectivity index (χ1v) is 8.11. The fourth-order valence-electron chi connectivity index (χ4n) is 2.76. The Kier molecular flexibility index (Phi) is 4.63. The molecule has 24 heavy (non-hydrogen) atoms. The smallest absolute Gasteiger partial charge is 0.248 e. The molecule has 0 saturated carbocycles. The van der Waals surface area contributed by atoms with Crippen LogP contribution in [0.15, 0.2) is 60.7 Å². The van der Waals surface area contributed by atoms with Crippen LogP contribution in [0.2, 0.25) is 0 Å². The first-order valence-electron chi connectivity index (χ1n) is 7.57. The second-order valence-corrected chi connectivity index (χ2v) is 5.97. The number of Topliss-reactive ketones (excluding diaryl/α,β-unsaturated/α-hetero) is 1. The van der Waals surface area contributed by atoms with E-state index in [0.29, 0.717) is 17.5 Å². The van der Waals surface area contributed by atoms with E-state index in [2.05, 4.69) is 24.3 Å². The molecule has 0 spiro atoms. The van der Waals surface area contributed by atoms with Gasteiger partial charge in [-0.2, -0.15) is 0 Å². The number of alkyl halides is 1. The van der Waals surface area contributed by atoms with Crippen molar-refractivity contribution in [2.45, 2.75) is 6.42 Å². The van der Waals surface area contributed by atoms with Crippen LogP contribution < -0.4 is 5.73 Å². The van der Waals surface area contributed by atoms with Crippen LogP contribution in [0.5, 0.6) is 0 Å². The van der Waals surface area contributed by atoms with Gasteiger partial charge in [-0.1, -0.05) is 42.5 Å². The molecule has 0 heterocycles. The minimum Gasteiger partial charge on any atom is -0.366 e. The second-order valence-electron chi connectivity index (χ2n) is 5.70. The molecule has 0 atom stereocenters. The number of rotatable bonds is 5. The SMILES string of the molecule is NC(=O)c1cc(Cc2ccc3ccccc3c2)cc(C(=O)CCl)c1. The Labute approximate surface area is 145 Å². The fraction of sp³-hybridized carbons (Fsp3) is 0.100. The van der Waals surface area contributed by atoms with E-state index in [4.69, 9.17) is 17.3 Å². The van der Waals surface area contributed by atoms with Gasteiger partial charge in [0.05, 0.1) is 5.88 Å². The third-order valence-corrected chi connectivity index (χ3v) is 4.19. The lowest BCUT2D eigenvalue weighted by molar-refractivity contribution is 0.1000. The number of nitrogens with two attached hydrogens (primary N) is 1. The molecular formula is C20H16ClNO2. The number of amides is 1. The van der Waals surface area contributed by atoms with Crippen molar-refractivity contribution in [3.63, 3.8) is 0 Å². The first-order chi connectivity index (χ1) is 11.6. The molecule has 0 aliphatic rings. The molecule has 0 radical (unpaired) electrons. The van der Waals surface area contributed by atoms with Gasteiger partial charge >= 0.3 is 0 Å². The standard InChI is InChI=1S/C20H16ClNO2/c21-12-19(23)17-9-14(10-18(11-17)20(22)24)7-13-5-6-15-3-1-2-4-16(15)8-13/h1-6,8-11H,7,12H2,(H2,22,24). The van der Waals surface area contributed by atoms with E-state index >= 15 is 0 Å². The van der Waals surface area contributed by atoms with Crippen molar-refractivity contribution in [3.8, 4) is 0 Å². The van der Waals surface area contributed by atoms with Crippen molar-refractivity contribution in [1.29, 1.82) is 0 Å². The number of benzene rings is 3. The quantitative estimate of drug-likeness (QED) is 0.566. The highest BCUT2D eigenvalue weighted by Crippen LogP contribution is 2.20. The lowest BCUT2D eigenvalue weighted by Crippen LogP contribution is -2.13. The maximum atomic E-state index is 11.9. The van der Waals surface area contributed by atoms with Crippen LogP contribution in [-0.2, 0) is 6.42 Å². The van der Waals surface area contributed by atoms with Crippen molar-refractivity contribution >= 4 is 34.1 Å². The highest BCUT2D eigenvalue weighted by atomic mass is 35.5.